The van der Waals surface area contributed by atoms with Gasteiger partial charge in [0.2, 0.25) is 0 Å². The van der Waals surface area contributed by atoms with Crippen LogP contribution in [0.25, 0.3) is 0 Å². The van der Waals surface area contributed by atoms with Crippen molar-refractivity contribution < 1.29 is 0 Å². The van der Waals surface area contributed by atoms with Crippen LogP contribution in [0.3, 0.4) is 0 Å². The third-order valence-electron chi connectivity index (χ3n) is 3.39. The third-order valence-corrected chi connectivity index (χ3v) is 3.39. The molecule has 0 saturated carbocycles. The molecule has 0 aliphatic carbocycles. The van der Waals surface area contributed by atoms with Crippen LogP contribution in [0.5, 0.6) is 0 Å². The molecule has 1 atom stereocenters. The first-order chi connectivity index (χ1) is 7.81. The highest BCUT2D eigenvalue weighted by Crippen LogP contribution is 2.23. The highest BCUT2D eigenvalue weighted by molar-refractivity contribution is 5.47. The highest BCUT2D eigenvalue weighted by atomic mass is 15.2. The molecule has 3 heteroatoms. The largest absolute Gasteiger partial charge is 0.369 e. The highest BCUT2D eigenvalue weighted by Gasteiger charge is 2.17. The Hall–Kier alpha value is -1.09. The summed E-state index contributed by atoms with van der Waals surface area (Å²) in [5, 5.41) is 0. The van der Waals surface area contributed by atoms with Crippen LogP contribution in [0.15, 0.2) is 18.3 Å². The molecule has 1 fully saturated rings. The van der Waals surface area contributed by atoms with Crippen molar-refractivity contribution in [2.24, 2.45) is 5.73 Å². The summed E-state index contributed by atoms with van der Waals surface area (Å²) in [7, 11) is 0. The number of pyridine rings is 1. The van der Waals surface area contributed by atoms with E-state index in [4.69, 9.17) is 5.73 Å². The van der Waals surface area contributed by atoms with E-state index >= 15 is 0 Å². The minimum Gasteiger partial charge on any atom is -0.369 e. The SMILES string of the molecule is CC1CCCCCN1c1ccnc(CN)c1. The molecule has 3 nitrogen and oxygen atoms in total. The van der Waals surface area contributed by atoms with Crippen molar-refractivity contribution >= 4 is 5.69 Å². The van der Waals surface area contributed by atoms with Gasteiger partial charge in [-0.2, -0.15) is 0 Å². The van der Waals surface area contributed by atoms with E-state index in [-0.39, 0.29) is 0 Å². The van der Waals surface area contributed by atoms with Gasteiger partial charge in [0.25, 0.3) is 0 Å². The maximum atomic E-state index is 5.63. The molecule has 88 valence electrons. The van der Waals surface area contributed by atoms with Crippen LogP contribution < -0.4 is 10.6 Å². The normalized spacial score (nSPS) is 21.9. The van der Waals surface area contributed by atoms with Crippen molar-refractivity contribution in [1.82, 2.24) is 4.98 Å². The minimum atomic E-state index is 0.524. The van der Waals surface area contributed by atoms with Crippen molar-refractivity contribution in [2.45, 2.75) is 45.2 Å². The average Bonchev–Trinajstić information content (AvgIpc) is 2.54. The first-order valence-corrected chi connectivity index (χ1v) is 6.23. The summed E-state index contributed by atoms with van der Waals surface area (Å²) in [4.78, 5) is 6.74. The Kier molecular flexibility index (Phi) is 3.78. The number of hydrogen-bond donors (Lipinski definition) is 1. The van der Waals surface area contributed by atoms with Gasteiger partial charge in [-0.15, -0.1) is 0 Å². The van der Waals surface area contributed by atoms with Gasteiger partial charge < -0.3 is 10.6 Å². The molecule has 1 aromatic heterocycles. The molecule has 0 spiro atoms. The van der Waals surface area contributed by atoms with Gasteiger partial charge in [0.1, 0.15) is 0 Å². The molecule has 1 aliphatic rings. The van der Waals surface area contributed by atoms with Crippen LogP contribution in [0.4, 0.5) is 5.69 Å². The predicted octanol–water partition coefficient (Wildman–Crippen LogP) is 2.31. The molecule has 1 saturated heterocycles. The Balaban J connectivity index is 2.19. The summed E-state index contributed by atoms with van der Waals surface area (Å²) in [6, 6.07) is 4.86. The molecule has 16 heavy (non-hydrogen) atoms. The number of aromatic nitrogens is 1. The molecule has 2 N–H and O–H groups in total. The lowest BCUT2D eigenvalue weighted by molar-refractivity contribution is 0.615. The molecule has 0 bridgehead atoms. The fourth-order valence-corrected chi connectivity index (χ4v) is 2.41. The molecule has 2 heterocycles. The van der Waals surface area contributed by atoms with E-state index in [9.17, 15) is 0 Å². The summed E-state index contributed by atoms with van der Waals surface area (Å²) in [6.45, 7) is 4.00. The van der Waals surface area contributed by atoms with Crippen LogP contribution in [0.1, 0.15) is 38.3 Å². The summed E-state index contributed by atoms with van der Waals surface area (Å²) in [5.74, 6) is 0. The van der Waals surface area contributed by atoms with Crippen LogP contribution in [0, 0.1) is 0 Å². The van der Waals surface area contributed by atoms with Crippen LogP contribution in [-0.4, -0.2) is 17.6 Å². The van der Waals surface area contributed by atoms with Gasteiger partial charge in [-0.1, -0.05) is 12.8 Å². The zero-order valence-corrected chi connectivity index (χ0v) is 10.0. The second-order valence-electron chi connectivity index (χ2n) is 4.60. The quantitative estimate of drug-likeness (QED) is 0.830. The minimum absolute atomic E-state index is 0.524. The van der Waals surface area contributed by atoms with E-state index in [1.54, 1.807) is 0 Å². The third kappa shape index (κ3) is 2.53. The lowest BCUT2D eigenvalue weighted by Crippen LogP contribution is -2.32. The van der Waals surface area contributed by atoms with Crippen molar-refractivity contribution in [3.8, 4) is 0 Å². The summed E-state index contributed by atoms with van der Waals surface area (Å²) < 4.78 is 0. The number of anilines is 1. The van der Waals surface area contributed by atoms with E-state index in [1.165, 1.54) is 31.4 Å². The number of hydrogen-bond acceptors (Lipinski definition) is 3. The van der Waals surface area contributed by atoms with E-state index in [1.807, 2.05) is 6.20 Å². The maximum Gasteiger partial charge on any atom is 0.0560 e. The fourth-order valence-electron chi connectivity index (χ4n) is 2.41. The van der Waals surface area contributed by atoms with E-state index in [0.717, 1.165) is 12.2 Å². The lowest BCUT2D eigenvalue weighted by atomic mass is 10.1. The summed E-state index contributed by atoms with van der Waals surface area (Å²) in [6.07, 6.45) is 7.17. The van der Waals surface area contributed by atoms with E-state index in [0.29, 0.717) is 12.6 Å². The number of rotatable bonds is 2. The van der Waals surface area contributed by atoms with Crippen molar-refractivity contribution in [1.29, 1.82) is 0 Å². The molecule has 0 aromatic carbocycles. The van der Waals surface area contributed by atoms with Gasteiger partial charge in [-0.3, -0.25) is 4.98 Å². The van der Waals surface area contributed by atoms with Crippen molar-refractivity contribution in [2.75, 3.05) is 11.4 Å². The van der Waals surface area contributed by atoms with E-state index in [2.05, 4.69) is 28.9 Å². The zero-order chi connectivity index (χ0) is 11.4. The van der Waals surface area contributed by atoms with Crippen LogP contribution in [-0.2, 0) is 6.54 Å². The average molecular weight is 219 g/mol. The molecule has 1 unspecified atom stereocenters. The second-order valence-corrected chi connectivity index (χ2v) is 4.60. The zero-order valence-electron chi connectivity index (χ0n) is 10.0. The Morgan fingerprint density at radius 3 is 3.12 bits per heavy atom. The Morgan fingerprint density at radius 1 is 1.44 bits per heavy atom. The second kappa shape index (κ2) is 5.30. The lowest BCUT2D eigenvalue weighted by Gasteiger charge is -2.29. The number of nitrogens with zero attached hydrogens (tertiary/aromatic N) is 2. The first-order valence-electron chi connectivity index (χ1n) is 6.23. The smallest absolute Gasteiger partial charge is 0.0560 e. The Bertz CT molecular complexity index is 338. The monoisotopic (exact) mass is 219 g/mol. The Morgan fingerprint density at radius 2 is 2.31 bits per heavy atom. The predicted molar refractivity (Wildman–Crippen MR) is 67.4 cm³/mol. The Labute approximate surface area is 97.7 Å². The standard InChI is InChI=1S/C13H21N3/c1-11-5-3-2-4-8-16(11)13-6-7-15-12(9-13)10-14/h6-7,9,11H,2-5,8,10,14H2,1H3. The van der Waals surface area contributed by atoms with Crippen molar-refractivity contribution in [3.63, 3.8) is 0 Å². The van der Waals surface area contributed by atoms with Gasteiger partial charge in [-0.05, 0) is 31.9 Å². The topological polar surface area (TPSA) is 42.2 Å². The molecule has 1 aliphatic heterocycles. The molecule has 1 aromatic rings. The fraction of sp³-hybridized carbons (Fsp3) is 0.615. The van der Waals surface area contributed by atoms with Gasteiger partial charge >= 0.3 is 0 Å². The van der Waals surface area contributed by atoms with Crippen LogP contribution in [0.2, 0.25) is 0 Å². The van der Waals surface area contributed by atoms with Gasteiger partial charge in [0.15, 0.2) is 0 Å². The summed E-state index contributed by atoms with van der Waals surface area (Å²) in [5.41, 5.74) is 7.90. The van der Waals surface area contributed by atoms with Gasteiger partial charge in [0, 0.05) is 31.0 Å². The molecule has 0 amide bonds. The first kappa shape index (κ1) is 11.4. The van der Waals surface area contributed by atoms with Gasteiger partial charge in [0.05, 0.1) is 5.69 Å². The maximum absolute atomic E-state index is 5.63. The van der Waals surface area contributed by atoms with Crippen LogP contribution >= 0.6 is 0 Å². The molecule has 0 radical (unpaired) electrons. The van der Waals surface area contributed by atoms with E-state index < -0.39 is 0 Å². The molecule has 2 rings (SSSR count). The molecular weight excluding hydrogens is 198 g/mol. The number of nitrogens with two attached hydrogens (primary N) is 1. The van der Waals surface area contributed by atoms with Gasteiger partial charge in [-0.25, -0.2) is 0 Å². The molecular formula is C13H21N3. The van der Waals surface area contributed by atoms with Crippen molar-refractivity contribution in [3.05, 3.63) is 24.0 Å². The summed E-state index contributed by atoms with van der Waals surface area (Å²) >= 11 is 0.